The lowest BCUT2D eigenvalue weighted by molar-refractivity contribution is 0.353. The Morgan fingerprint density at radius 2 is 1.57 bits per heavy atom. The highest BCUT2D eigenvalue weighted by atomic mass is 35.5. The van der Waals surface area contributed by atoms with Crippen molar-refractivity contribution in [3.8, 4) is 11.5 Å². The number of benzene rings is 2. The average Bonchev–Trinajstić information content (AvgIpc) is 2.50. The maximum atomic E-state index is 12.6. The molecule has 7 heteroatoms. The van der Waals surface area contributed by atoms with Crippen molar-refractivity contribution in [1.29, 1.82) is 0 Å². The number of ether oxygens (including phenoxy) is 2. The molecule has 0 fully saturated rings. The van der Waals surface area contributed by atoms with Crippen molar-refractivity contribution in [1.82, 2.24) is 0 Å². The molecule has 0 unspecified atom stereocenters. The lowest BCUT2D eigenvalue weighted by atomic mass is 10.2. The minimum absolute atomic E-state index is 0.117. The van der Waals surface area contributed by atoms with Crippen molar-refractivity contribution in [3.05, 3.63) is 46.5 Å². The zero-order valence-electron chi connectivity index (χ0n) is 13.3. The van der Waals surface area contributed by atoms with Crippen LogP contribution in [0, 0.1) is 13.8 Å². The second-order valence-corrected chi connectivity index (χ2v) is 7.10. The van der Waals surface area contributed by atoms with Gasteiger partial charge in [-0.05, 0) is 43.2 Å². The summed E-state index contributed by atoms with van der Waals surface area (Å²) >= 11 is 6.04. The van der Waals surface area contributed by atoms with Gasteiger partial charge in [-0.25, -0.2) is 8.42 Å². The molecule has 1 N–H and O–H groups in total. The molecule has 0 heterocycles. The molecule has 0 spiro atoms. The molecule has 5 nitrogen and oxygen atoms in total. The van der Waals surface area contributed by atoms with Crippen LogP contribution in [0.1, 0.15) is 11.1 Å². The van der Waals surface area contributed by atoms with Gasteiger partial charge in [0, 0.05) is 11.1 Å². The van der Waals surface area contributed by atoms with Gasteiger partial charge in [0.1, 0.15) is 0 Å². The molecule has 124 valence electrons. The van der Waals surface area contributed by atoms with Crippen LogP contribution in [-0.4, -0.2) is 22.6 Å². The Morgan fingerprint density at radius 3 is 2.13 bits per heavy atom. The number of hydrogen-bond donors (Lipinski definition) is 1. The van der Waals surface area contributed by atoms with E-state index in [1.807, 2.05) is 6.92 Å². The number of methoxy groups -OCH3 is 2. The SMILES string of the molecule is COc1cc(C)c(S(=O)(=O)Nc2ccc(C)c(Cl)c2)cc1OC. The third-order valence-electron chi connectivity index (χ3n) is 3.39. The quantitative estimate of drug-likeness (QED) is 0.886. The van der Waals surface area contributed by atoms with E-state index in [4.69, 9.17) is 21.1 Å². The molecular formula is C16H18ClNO4S. The third kappa shape index (κ3) is 3.71. The van der Waals surface area contributed by atoms with Crippen LogP contribution in [0.2, 0.25) is 5.02 Å². The van der Waals surface area contributed by atoms with Gasteiger partial charge in [-0.15, -0.1) is 0 Å². The van der Waals surface area contributed by atoms with E-state index in [1.54, 1.807) is 31.2 Å². The Hall–Kier alpha value is -1.92. The summed E-state index contributed by atoms with van der Waals surface area (Å²) in [4.78, 5) is 0.117. The van der Waals surface area contributed by atoms with Crippen molar-refractivity contribution in [3.63, 3.8) is 0 Å². The summed E-state index contributed by atoms with van der Waals surface area (Å²) in [5.41, 5.74) is 1.82. The van der Waals surface area contributed by atoms with Gasteiger partial charge in [0.15, 0.2) is 11.5 Å². The highest BCUT2D eigenvalue weighted by Gasteiger charge is 2.20. The molecule has 2 rings (SSSR count). The molecule has 23 heavy (non-hydrogen) atoms. The first kappa shape index (κ1) is 17.4. The standard InChI is InChI=1S/C16H18ClNO4S/c1-10-5-6-12(8-13(10)17)18-23(19,20)16-9-15(22-4)14(21-3)7-11(16)2/h5-9,18H,1-4H3. The van der Waals surface area contributed by atoms with Gasteiger partial charge in [0.05, 0.1) is 24.8 Å². The molecule has 0 aliphatic rings. The molecule has 0 aliphatic carbocycles. The van der Waals surface area contributed by atoms with Gasteiger partial charge in [0.25, 0.3) is 10.0 Å². The number of halogens is 1. The fraction of sp³-hybridized carbons (Fsp3) is 0.250. The third-order valence-corrected chi connectivity index (χ3v) is 5.33. The zero-order chi connectivity index (χ0) is 17.2. The van der Waals surface area contributed by atoms with E-state index in [0.717, 1.165) is 5.56 Å². The largest absolute Gasteiger partial charge is 0.493 e. The predicted molar refractivity (Wildman–Crippen MR) is 91.3 cm³/mol. The second kappa shape index (κ2) is 6.68. The van der Waals surface area contributed by atoms with E-state index in [2.05, 4.69) is 4.72 Å². The second-order valence-electron chi connectivity index (χ2n) is 5.04. The Labute approximate surface area is 141 Å². The number of sulfonamides is 1. The van der Waals surface area contributed by atoms with E-state index >= 15 is 0 Å². The fourth-order valence-electron chi connectivity index (χ4n) is 2.12. The van der Waals surface area contributed by atoms with Crippen LogP contribution in [0.3, 0.4) is 0 Å². The number of anilines is 1. The first-order valence-electron chi connectivity index (χ1n) is 6.80. The molecule has 0 amide bonds. The summed E-state index contributed by atoms with van der Waals surface area (Å²) < 4.78 is 38.1. The summed E-state index contributed by atoms with van der Waals surface area (Å²) in [6.45, 7) is 3.54. The van der Waals surface area contributed by atoms with Crippen molar-refractivity contribution < 1.29 is 17.9 Å². The normalized spacial score (nSPS) is 11.2. The maximum absolute atomic E-state index is 12.6. The Kier molecular flexibility index (Phi) is 5.06. The molecule has 2 aromatic carbocycles. The number of hydrogen-bond acceptors (Lipinski definition) is 4. The van der Waals surface area contributed by atoms with Crippen LogP contribution < -0.4 is 14.2 Å². The monoisotopic (exact) mass is 355 g/mol. The molecule has 0 saturated carbocycles. The smallest absolute Gasteiger partial charge is 0.262 e. The number of aryl methyl sites for hydroxylation is 2. The van der Waals surface area contributed by atoms with Crippen LogP contribution in [0.25, 0.3) is 0 Å². The molecule has 0 saturated heterocycles. The van der Waals surface area contributed by atoms with Crippen molar-refractivity contribution >= 4 is 27.3 Å². The first-order valence-corrected chi connectivity index (χ1v) is 8.66. The molecule has 0 aromatic heterocycles. The number of nitrogens with one attached hydrogen (secondary N) is 1. The van der Waals surface area contributed by atoms with Crippen LogP contribution in [0.15, 0.2) is 35.2 Å². The van der Waals surface area contributed by atoms with Crippen molar-refractivity contribution in [2.75, 3.05) is 18.9 Å². The molecule has 0 radical (unpaired) electrons. The van der Waals surface area contributed by atoms with E-state index in [1.165, 1.54) is 20.3 Å². The van der Waals surface area contributed by atoms with E-state index in [9.17, 15) is 8.42 Å². The number of rotatable bonds is 5. The van der Waals surface area contributed by atoms with E-state index in [-0.39, 0.29) is 4.90 Å². The molecule has 0 atom stereocenters. The highest BCUT2D eigenvalue weighted by Crippen LogP contribution is 2.33. The van der Waals surface area contributed by atoms with Crippen LogP contribution in [0.5, 0.6) is 11.5 Å². The maximum Gasteiger partial charge on any atom is 0.262 e. The van der Waals surface area contributed by atoms with Gasteiger partial charge < -0.3 is 9.47 Å². The Bertz CT molecular complexity index is 834. The lowest BCUT2D eigenvalue weighted by Gasteiger charge is -2.14. The molecule has 0 aliphatic heterocycles. The van der Waals surface area contributed by atoms with Crippen molar-refractivity contribution in [2.24, 2.45) is 0 Å². The van der Waals surface area contributed by atoms with Crippen molar-refractivity contribution in [2.45, 2.75) is 18.7 Å². The predicted octanol–water partition coefficient (Wildman–Crippen LogP) is 3.77. The van der Waals surface area contributed by atoms with Gasteiger partial charge >= 0.3 is 0 Å². The lowest BCUT2D eigenvalue weighted by Crippen LogP contribution is -2.14. The topological polar surface area (TPSA) is 64.6 Å². The average molecular weight is 356 g/mol. The molecular weight excluding hydrogens is 338 g/mol. The zero-order valence-corrected chi connectivity index (χ0v) is 14.9. The van der Waals surface area contributed by atoms with E-state index in [0.29, 0.717) is 27.8 Å². The first-order chi connectivity index (χ1) is 10.8. The van der Waals surface area contributed by atoms with Gasteiger partial charge in [-0.2, -0.15) is 0 Å². The molecule has 0 bridgehead atoms. The fourth-order valence-corrected chi connectivity index (χ4v) is 3.59. The minimum atomic E-state index is -3.78. The van der Waals surface area contributed by atoms with Crippen LogP contribution in [0.4, 0.5) is 5.69 Å². The Balaban J connectivity index is 2.45. The van der Waals surface area contributed by atoms with Gasteiger partial charge in [0.2, 0.25) is 0 Å². The minimum Gasteiger partial charge on any atom is -0.493 e. The summed E-state index contributed by atoms with van der Waals surface area (Å²) in [6, 6.07) is 8.04. The van der Waals surface area contributed by atoms with Crippen LogP contribution in [-0.2, 0) is 10.0 Å². The Morgan fingerprint density at radius 1 is 0.957 bits per heavy atom. The van der Waals surface area contributed by atoms with Crippen LogP contribution >= 0.6 is 11.6 Å². The van der Waals surface area contributed by atoms with Gasteiger partial charge in [-0.3, -0.25) is 4.72 Å². The highest BCUT2D eigenvalue weighted by molar-refractivity contribution is 7.92. The summed E-state index contributed by atoms with van der Waals surface area (Å²) in [6.07, 6.45) is 0. The van der Waals surface area contributed by atoms with E-state index < -0.39 is 10.0 Å². The summed E-state index contributed by atoms with van der Waals surface area (Å²) in [5, 5.41) is 0.495. The summed E-state index contributed by atoms with van der Waals surface area (Å²) in [5.74, 6) is 0.822. The molecule has 2 aromatic rings. The summed E-state index contributed by atoms with van der Waals surface area (Å²) in [7, 11) is -0.822. The van der Waals surface area contributed by atoms with Gasteiger partial charge in [-0.1, -0.05) is 17.7 Å².